The van der Waals surface area contributed by atoms with Gasteiger partial charge >= 0.3 is 5.97 Å². The second-order valence-electron chi connectivity index (χ2n) is 15.8. The highest BCUT2D eigenvalue weighted by atomic mass is 16.7. The zero-order valence-electron chi connectivity index (χ0n) is 35.4. The van der Waals surface area contributed by atoms with Crippen LogP contribution in [0.25, 0.3) is 0 Å². The maximum Gasteiger partial charge on any atom is 0.325 e. The molecular weight excluding hydrogens is 759 g/mol. The van der Waals surface area contributed by atoms with Crippen LogP contribution >= 0.6 is 0 Å². The molecule has 3 amide bonds. The molecule has 0 radical (unpaired) electrons. The Hall–Kier alpha value is -4.96. The highest BCUT2D eigenvalue weighted by Gasteiger charge is 2.40. The number of ketones is 1. The van der Waals surface area contributed by atoms with Crippen molar-refractivity contribution in [3.8, 4) is 5.75 Å². The van der Waals surface area contributed by atoms with E-state index in [-0.39, 0.29) is 43.2 Å². The summed E-state index contributed by atoms with van der Waals surface area (Å²) in [6.07, 6.45) is 11.4. The Morgan fingerprint density at radius 2 is 1.88 bits per heavy atom. The molecule has 1 aromatic carbocycles. The molecule has 1 aromatic rings. The number of aliphatic hydroxyl groups excluding tert-OH is 1. The summed E-state index contributed by atoms with van der Waals surface area (Å²) in [7, 11) is 2.86. The van der Waals surface area contributed by atoms with Crippen LogP contribution in [0, 0.1) is 11.8 Å². The lowest BCUT2D eigenvalue weighted by Gasteiger charge is -2.40. The molecule has 0 spiro atoms. The molecule has 3 rings (SSSR count). The van der Waals surface area contributed by atoms with Gasteiger partial charge in [-0.1, -0.05) is 56.4 Å². The Morgan fingerprint density at radius 1 is 1.14 bits per heavy atom. The van der Waals surface area contributed by atoms with E-state index in [4.69, 9.17) is 9.57 Å². The van der Waals surface area contributed by atoms with Crippen LogP contribution < -0.4 is 16.1 Å². The van der Waals surface area contributed by atoms with Crippen LogP contribution in [-0.4, -0.2) is 113 Å². The lowest BCUT2D eigenvalue weighted by atomic mass is 9.88. The molecule has 2 aliphatic heterocycles. The second-order valence-corrected chi connectivity index (χ2v) is 15.8. The number of nitrogens with zero attached hydrogens (tertiary/aromatic N) is 2. The molecule has 2 heterocycles. The van der Waals surface area contributed by atoms with Crippen LogP contribution in [0.15, 0.2) is 71.9 Å². The Morgan fingerprint density at radius 3 is 2.54 bits per heavy atom. The number of fused-ring (bicyclic) bond motifs is 2. The molecule has 2 aliphatic rings. The van der Waals surface area contributed by atoms with Gasteiger partial charge in [-0.25, -0.2) is 15.5 Å². The third-order valence-corrected chi connectivity index (χ3v) is 10.5. The molecular formula is C44H63N5O10. The minimum absolute atomic E-state index is 0.0304. The van der Waals surface area contributed by atoms with E-state index >= 15 is 0 Å². The van der Waals surface area contributed by atoms with Crippen molar-refractivity contribution in [2.75, 3.05) is 27.2 Å². The number of cyclic esters (lactones) is 1. The number of hydrogen-bond donors (Lipinski definition) is 5. The summed E-state index contributed by atoms with van der Waals surface area (Å²) in [6, 6.07) is 4.40. The van der Waals surface area contributed by atoms with Gasteiger partial charge < -0.3 is 35.2 Å². The Bertz CT molecular complexity index is 1760. The topological polar surface area (TPSA) is 204 Å². The van der Waals surface area contributed by atoms with Crippen LogP contribution in [0.5, 0.6) is 5.75 Å². The van der Waals surface area contributed by atoms with Gasteiger partial charge in [0, 0.05) is 45.5 Å². The number of ether oxygens (including phenoxy) is 1. The number of benzene rings is 1. The molecule has 0 aromatic heterocycles. The van der Waals surface area contributed by atoms with Gasteiger partial charge in [-0.15, -0.1) is 0 Å². The number of carbonyl (C=O) groups excluding carboxylic acids is 6. The van der Waals surface area contributed by atoms with Crippen LogP contribution in [-0.2, 0) is 44.8 Å². The van der Waals surface area contributed by atoms with Crippen molar-refractivity contribution in [1.82, 2.24) is 26.1 Å². The molecule has 2 bridgehead atoms. The van der Waals surface area contributed by atoms with Gasteiger partial charge in [0.15, 0.2) is 0 Å². The van der Waals surface area contributed by atoms with Gasteiger partial charge in [0.05, 0.1) is 19.1 Å². The maximum absolute atomic E-state index is 14.3. The number of nitrogens with one attached hydrogen (secondary N) is 3. The molecule has 1 saturated heterocycles. The molecule has 15 nitrogen and oxygen atoms in total. The van der Waals surface area contributed by atoms with Crippen molar-refractivity contribution in [3.05, 3.63) is 77.4 Å². The fourth-order valence-electron chi connectivity index (χ4n) is 6.98. The van der Waals surface area contributed by atoms with Gasteiger partial charge in [-0.2, -0.15) is 0 Å². The van der Waals surface area contributed by atoms with E-state index in [2.05, 4.69) is 16.1 Å². The fourth-order valence-corrected chi connectivity index (χ4v) is 6.98. The number of aldehydes is 1. The molecule has 0 saturated carbocycles. The number of aliphatic hydroxyl groups is 1. The van der Waals surface area contributed by atoms with Gasteiger partial charge in [-0.3, -0.25) is 24.0 Å². The van der Waals surface area contributed by atoms with Crippen LogP contribution in [0.4, 0.5) is 0 Å². The number of hydrazine groups is 1. The number of phenolic OH excluding ortho intramolecular Hbond substituents is 1. The van der Waals surface area contributed by atoms with Crippen molar-refractivity contribution in [3.63, 3.8) is 0 Å². The van der Waals surface area contributed by atoms with Crippen molar-refractivity contribution in [1.29, 1.82) is 0 Å². The third kappa shape index (κ3) is 15.3. The minimum Gasteiger partial charge on any atom is -0.508 e. The number of likely N-dealkylation sites (N-methyl/N-ethyl adjacent to an activating group) is 1. The summed E-state index contributed by atoms with van der Waals surface area (Å²) >= 11 is 0. The summed E-state index contributed by atoms with van der Waals surface area (Å²) in [5.74, 6) is -3.84. The molecule has 59 heavy (non-hydrogen) atoms. The van der Waals surface area contributed by atoms with E-state index in [0.717, 1.165) is 5.06 Å². The zero-order chi connectivity index (χ0) is 43.7. The predicted molar refractivity (Wildman–Crippen MR) is 222 cm³/mol. The van der Waals surface area contributed by atoms with Gasteiger partial charge in [0.25, 0.3) is 5.91 Å². The van der Waals surface area contributed by atoms with E-state index in [1.807, 2.05) is 18.2 Å². The number of hydroxylamine groups is 2. The first-order valence-corrected chi connectivity index (χ1v) is 20.2. The van der Waals surface area contributed by atoms with E-state index in [9.17, 15) is 39.0 Å². The summed E-state index contributed by atoms with van der Waals surface area (Å²) in [5.41, 5.74) is 3.35. The summed E-state index contributed by atoms with van der Waals surface area (Å²) in [6.45, 7) is 8.73. The van der Waals surface area contributed by atoms with Crippen LogP contribution in [0.2, 0.25) is 0 Å². The first-order valence-electron chi connectivity index (χ1n) is 20.2. The summed E-state index contributed by atoms with van der Waals surface area (Å²) in [4.78, 5) is 84.5. The van der Waals surface area contributed by atoms with Crippen molar-refractivity contribution in [2.45, 2.75) is 116 Å². The maximum atomic E-state index is 14.3. The molecule has 1 fully saturated rings. The number of hydrogen-bond acceptors (Lipinski definition) is 12. The summed E-state index contributed by atoms with van der Waals surface area (Å²) in [5, 5.41) is 30.2. The standard InChI is InChI=1S/C44H63N5O10/c1-29(2)39-42(56)46-44(28-50,26-33-17-13-18-34(52)25-33)27-49-24-14-19-36(47-49)43(57)59-37(30(3)16-12-21-38(53)48(6)58-7)20-11-9-8-10-15-31(4)40(54)35(41(55)45-39)23-22-32(5)51/h9,11-13,15-18,21,25,28-29,35-37,39-40,47,52,54H,8,10,14,19-20,22-24,26-27H2,1-7H3,(H,45,55)(H,46,56)/b11-9+,21-12+,30-16+,31-15+/t35-,36?,37+,39+,40-,44-/m1/s1. The highest BCUT2D eigenvalue weighted by Crippen LogP contribution is 2.24. The number of allylic oxidation sites excluding steroid dienone is 4. The number of carbonyl (C=O) groups is 6. The van der Waals surface area contributed by atoms with Crippen molar-refractivity contribution >= 4 is 35.8 Å². The fraction of sp³-hybridized carbons (Fsp3) is 0.545. The Kier molecular flexibility index (Phi) is 19.4. The van der Waals surface area contributed by atoms with Crippen molar-refractivity contribution in [2.24, 2.45) is 11.8 Å². The minimum atomic E-state index is -1.61. The lowest BCUT2D eigenvalue weighted by Crippen LogP contribution is -2.66. The molecule has 7 atom stereocenters. The van der Waals surface area contributed by atoms with E-state index in [0.29, 0.717) is 61.6 Å². The van der Waals surface area contributed by atoms with Gasteiger partial charge in [0.1, 0.15) is 41.5 Å². The summed E-state index contributed by atoms with van der Waals surface area (Å²) < 4.78 is 6.10. The predicted octanol–water partition coefficient (Wildman–Crippen LogP) is 3.57. The first kappa shape index (κ1) is 48.4. The smallest absolute Gasteiger partial charge is 0.325 e. The van der Waals surface area contributed by atoms with Crippen LogP contribution in [0.3, 0.4) is 0 Å². The molecule has 324 valence electrons. The number of Topliss-reactive ketones (excluding diaryl/α,β-unsaturated/α-hetero) is 1. The number of amides is 3. The number of rotatable bonds is 11. The average Bonchev–Trinajstić information content (AvgIpc) is 3.19. The van der Waals surface area contributed by atoms with Crippen LogP contribution in [0.1, 0.15) is 85.1 Å². The Labute approximate surface area is 347 Å². The van der Waals surface area contributed by atoms with E-state index < -0.39 is 59.5 Å². The van der Waals surface area contributed by atoms with Gasteiger partial charge in [-0.05, 0) is 87.6 Å². The Balaban J connectivity index is 2.08. The largest absolute Gasteiger partial charge is 0.508 e. The highest BCUT2D eigenvalue weighted by molar-refractivity contribution is 5.91. The van der Waals surface area contributed by atoms with Crippen molar-refractivity contribution < 1.29 is 48.6 Å². The lowest BCUT2D eigenvalue weighted by molar-refractivity contribution is -0.162. The number of phenols is 1. The molecule has 2 unspecified atom stereocenters. The average molecular weight is 822 g/mol. The normalized spacial score (nSPS) is 28.5. The zero-order valence-corrected chi connectivity index (χ0v) is 35.4. The second kappa shape index (κ2) is 23.6. The monoisotopic (exact) mass is 821 g/mol. The third-order valence-electron chi connectivity index (χ3n) is 10.5. The quantitative estimate of drug-likeness (QED) is 0.0543. The SMILES string of the molecule is CON(C)C(=O)/C=C/C=C(\C)[C@@H]1C/C=C/CC/C=C(\C)[C@@H](O)[C@@H](CCC(C)=O)C(=O)N[C@@H](C(C)C)C(=O)N[C@](C=O)(Cc2cccc(O)c2)CN2CCCC(N2)C(=O)O1. The molecule has 0 aliphatic carbocycles. The molecule has 5 N–H and O–H groups in total. The van der Waals surface area contributed by atoms with E-state index in [1.165, 1.54) is 39.3 Å². The number of aromatic hydroxyl groups is 1. The number of esters is 1. The first-order chi connectivity index (χ1) is 28.0. The molecule has 15 heteroatoms. The van der Waals surface area contributed by atoms with E-state index in [1.54, 1.807) is 57.0 Å². The van der Waals surface area contributed by atoms with Gasteiger partial charge in [0.2, 0.25) is 11.8 Å².